The van der Waals surface area contributed by atoms with Crippen molar-refractivity contribution >= 4 is 22.6 Å². The van der Waals surface area contributed by atoms with Gasteiger partial charge in [-0.15, -0.1) is 0 Å². The maximum atomic E-state index is 13.9. The molecule has 1 aliphatic heterocycles. The van der Waals surface area contributed by atoms with Crippen molar-refractivity contribution in [3.05, 3.63) is 29.3 Å². The van der Waals surface area contributed by atoms with E-state index in [2.05, 4.69) is 14.7 Å². The molecule has 0 bridgehead atoms. The summed E-state index contributed by atoms with van der Waals surface area (Å²) in [6, 6.07) is 2.56. The van der Waals surface area contributed by atoms with E-state index >= 15 is 0 Å². The first-order chi connectivity index (χ1) is 10.2. The highest BCUT2D eigenvalue weighted by molar-refractivity contribution is 7.09. The van der Waals surface area contributed by atoms with Crippen LogP contribution in [0.5, 0.6) is 11.5 Å². The molecule has 1 aliphatic rings. The van der Waals surface area contributed by atoms with Crippen molar-refractivity contribution in [2.45, 2.75) is 6.61 Å². The Morgan fingerprint density at radius 2 is 2.38 bits per heavy atom. The lowest BCUT2D eigenvalue weighted by Gasteiger charge is -2.06. The molecule has 0 atom stereocenters. The van der Waals surface area contributed by atoms with Gasteiger partial charge >= 0.3 is 0 Å². The predicted molar refractivity (Wildman–Crippen MR) is 71.1 cm³/mol. The standard InChI is InChI=1S/C12H10FN3O4S/c1-18-4-8-14-12(21-16-8)15-11(17)9-6(13)2-3-7-10(9)20-5-19-7/h2-3H,4-5H2,1H3,(H,14,15,16,17). The molecule has 2 heterocycles. The minimum absolute atomic E-state index is 0.0458. The van der Waals surface area contributed by atoms with E-state index in [1.165, 1.54) is 13.2 Å². The van der Waals surface area contributed by atoms with Gasteiger partial charge in [0.2, 0.25) is 11.9 Å². The normalized spacial score (nSPS) is 12.5. The maximum Gasteiger partial charge on any atom is 0.264 e. The van der Waals surface area contributed by atoms with Gasteiger partial charge < -0.3 is 14.2 Å². The molecule has 1 amide bonds. The Balaban J connectivity index is 1.84. The zero-order valence-electron chi connectivity index (χ0n) is 10.9. The first-order valence-corrected chi connectivity index (χ1v) is 6.67. The minimum atomic E-state index is -0.696. The molecular formula is C12H10FN3O4S. The van der Waals surface area contributed by atoms with Crippen molar-refractivity contribution < 1.29 is 23.4 Å². The molecule has 0 saturated carbocycles. The highest BCUT2D eigenvalue weighted by Crippen LogP contribution is 2.37. The third kappa shape index (κ3) is 2.65. The molecule has 1 N–H and O–H groups in total. The summed E-state index contributed by atoms with van der Waals surface area (Å²) in [7, 11) is 1.51. The van der Waals surface area contributed by atoms with Gasteiger partial charge in [0, 0.05) is 18.6 Å². The van der Waals surface area contributed by atoms with Crippen LogP contribution in [0.4, 0.5) is 9.52 Å². The zero-order chi connectivity index (χ0) is 14.8. The lowest BCUT2D eigenvalue weighted by Crippen LogP contribution is -2.14. The van der Waals surface area contributed by atoms with Gasteiger partial charge in [-0.2, -0.15) is 4.37 Å². The monoisotopic (exact) mass is 311 g/mol. The van der Waals surface area contributed by atoms with Gasteiger partial charge in [0.15, 0.2) is 17.3 Å². The smallest absolute Gasteiger partial charge is 0.264 e. The van der Waals surface area contributed by atoms with Gasteiger partial charge in [-0.3, -0.25) is 10.1 Å². The maximum absolute atomic E-state index is 13.9. The van der Waals surface area contributed by atoms with Crippen molar-refractivity contribution in [2.24, 2.45) is 0 Å². The summed E-state index contributed by atoms with van der Waals surface area (Å²) in [6.07, 6.45) is 0. The molecule has 0 saturated heterocycles. The molecule has 9 heteroatoms. The van der Waals surface area contributed by atoms with Crippen LogP contribution in [0, 0.1) is 5.82 Å². The molecule has 7 nitrogen and oxygen atoms in total. The van der Waals surface area contributed by atoms with Gasteiger partial charge in [-0.05, 0) is 12.1 Å². The van der Waals surface area contributed by atoms with E-state index in [1.54, 1.807) is 0 Å². The number of methoxy groups -OCH3 is 1. The molecular weight excluding hydrogens is 301 g/mol. The van der Waals surface area contributed by atoms with E-state index < -0.39 is 11.7 Å². The van der Waals surface area contributed by atoms with Crippen molar-refractivity contribution in [3.8, 4) is 11.5 Å². The van der Waals surface area contributed by atoms with E-state index in [1.807, 2.05) is 0 Å². The number of hydrogen-bond donors (Lipinski definition) is 1. The molecule has 1 aromatic carbocycles. The van der Waals surface area contributed by atoms with Crippen LogP contribution in [-0.2, 0) is 11.3 Å². The average Bonchev–Trinajstić information content (AvgIpc) is 3.08. The summed E-state index contributed by atoms with van der Waals surface area (Å²) in [5.74, 6) is -0.502. The number of carbonyl (C=O) groups excluding carboxylic acids is 1. The third-order valence-electron chi connectivity index (χ3n) is 2.68. The summed E-state index contributed by atoms with van der Waals surface area (Å²) in [5, 5.41) is 2.74. The second-order valence-corrected chi connectivity index (χ2v) is 4.81. The van der Waals surface area contributed by atoms with Gasteiger partial charge in [0.25, 0.3) is 5.91 Å². The largest absolute Gasteiger partial charge is 0.454 e. The highest BCUT2D eigenvalue weighted by atomic mass is 32.1. The van der Waals surface area contributed by atoms with Gasteiger partial charge in [-0.25, -0.2) is 9.37 Å². The van der Waals surface area contributed by atoms with Crippen LogP contribution < -0.4 is 14.8 Å². The fraction of sp³-hybridized carbons (Fsp3) is 0.250. The molecule has 21 heavy (non-hydrogen) atoms. The van der Waals surface area contributed by atoms with E-state index in [4.69, 9.17) is 14.2 Å². The first kappa shape index (κ1) is 13.7. The Morgan fingerprint density at radius 3 is 3.19 bits per heavy atom. The van der Waals surface area contributed by atoms with Crippen molar-refractivity contribution in [3.63, 3.8) is 0 Å². The van der Waals surface area contributed by atoms with E-state index in [0.29, 0.717) is 11.6 Å². The van der Waals surface area contributed by atoms with Crippen LogP contribution in [0.3, 0.4) is 0 Å². The summed E-state index contributed by atoms with van der Waals surface area (Å²) >= 11 is 0.984. The molecule has 0 fully saturated rings. The number of nitrogens with zero attached hydrogens (tertiary/aromatic N) is 2. The van der Waals surface area contributed by atoms with Crippen molar-refractivity contribution in [2.75, 3.05) is 19.2 Å². The zero-order valence-corrected chi connectivity index (χ0v) is 11.7. The number of amides is 1. The summed E-state index contributed by atoms with van der Waals surface area (Å²) < 4.78 is 33.0. The first-order valence-electron chi connectivity index (χ1n) is 5.90. The molecule has 2 aromatic rings. The third-order valence-corrected chi connectivity index (χ3v) is 3.35. The topological polar surface area (TPSA) is 82.6 Å². The number of nitrogens with one attached hydrogen (secondary N) is 1. The number of fused-ring (bicyclic) bond motifs is 1. The van der Waals surface area contributed by atoms with Crippen LogP contribution in [0.2, 0.25) is 0 Å². The lowest BCUT2D eigenvalue weighted by atomic mass is 10.1. The molecule has 1 aromatic heterocycles. The number of hydrogen-bond acceptors (Lipinski definition) is 7. The number of rotatable bonds is 4. The number of carbonyl (C=O) groups is 1. The molecule has 0 unspecified atom stereocenters. The Morgan fingerprint density at radius 1 is 1.52 bits per heavy atom. The van der Waals surface area contributed by atoms with Crippen LogP contribution >= 0.6 is 11.5 Å². The Bertz CT molecular complexity index is 691. The fourth-order valence-corrected chi connectivity index (χ4v) is 2.38. The summed E-state index contributed by atoms with van der Waals surface area (Å²) in [4.78, 5) is 16.2. The number of aromatic nitrogens is 2. The minimum Gasteiger partial charge on any atom is -0.454 e. The Hall–Kier alpha value is -2.26. The Kier molecular flexibility index (Phi) is 3.67. The number of ether oxygens (including phenoxy) is 3. The average molecular weight is 311 g/mol. The van der Waals surface area contributed by atoms with E-state index in [0.717, 1.165) is 17.6 Å². The molecule has 0 spiro atoms. The van der Waals surface area contributed by atoms with E-state index in [-0.39, 0.29) is 29.8 Å². The van der Waals surface area contributed by atoms with Gasteiger partial charge in [0.05, 0.1) is 0 Å². The quantitative estimate of drug-likeness (QED) is 0.927. The van der Waals surface area contributed by atoms with Crippen LogP contribution in [0.1, 0.15) is 16.2 Å². The van der Waals surface area contributed by atoms with Crippen LogP contribution in [0.25, 0.3) is 0 Å². The van der Waals surface area contributed by atoms with Gasteiger partial charge in [-0.1, -0.05) is 0 Å². The highest BCUT2D eigenvalue weighted by Gasteiger charge is 2.26. The number of benzene rings is 1. The molecule has 3 rings (SSSR count). The van der Waals surface area contributed by atoms with E-state index in [9.17, 15) is 9.18 Å². The number of anilines is 1. The Labute approximate surface area is 122 Å². The second-order valence-electron chi connectivity index (χ2n) is 4.06. The summed E-state index contributed by atoms with van der Waals surface area (Å²) in [6.45, 7) is 0.189. The fourth-order valence-electron chi connectivity index (χ4n) is 1.81. The lowest BCUT2D eigenvalue weighted by molar-refractivity contribution is 0.101. The van der Waals surface area contributed by atoms with Gasteiger partial charge in [0.1, 0.15) is 18.0 Å². The predicted octanol–water partition coefficient (Wildman–Crippen LogP) is 1.80. The SMILES string of the molecule is COCc1nsc(NC(=O)c2c(F)ccc3c2OCO3)n1. The molecule has 110 valence electrons. The summed E-state index contributed by atoms with van der Waals surface area (Å²) in [5.41, 5.74) is -0.214. The molecule has 0 radical (unpaired) electrons. The number of halogens is 1. The second kappa shape index (κ2) is 5.62. The van der Waals surface area contributed by atoms with Crippen molar-refractivity contribution in [1.29, 1.82) is 0 Å². The van der Waals surface area contributed by atoms with Crippen LogP contribution in [0.15, 0.2) is 12.1 Å². The van der Waals surface area contributed by atoms with Crippen LogP contribution in [-0.4, -0.2) is 29.2 Å². The van der Waals surface area contributed by atoms with Crippen molar-refractivity contribution in [1.82, 2.24) is 9.36 Å². The molecule has 0 aliphatic carbocycles.